The van der Waals surface area contributed by atoms with Crippen molar-refractivity contribution in [1.29, 1.82) is 0 Å². The van der Waals surface area contributed by atoms with Crippen LogP contribution in [0, 0.1) is 0 Å². The molecule has 0 fully saturated rings. The molecule has 57 heavy (non-hydrogen) atoms. The maximum absolute atomic E-state index is 12.2. The molecule has 0 amide bonds. The maximum atomic E-state index is 12.2. The highest BCUT2D eigenvalue weighted by Crippen LogP contribution is 2.39. The molecule has 0 unspecified atom stereocenters. The lowest BCUT2D eigenvalue weighted by atomic mass is 10.1. The summed E-state index contributed by atoms with van der Waals surface area (Å²) in [5.41, 5.74) is -0.259. The number of aromatic nitrogens is 8. The molecule has 8 bridgehead atoms. The van der Waals surface area contributed by atoms with Crippen LogP contribution < -0.4 is 9.97 Å². The highest BCUT2D eigenvalue weighted by Gasteiger charge is 2.23. The van der Waals surface area contributed by atoms with E-state index in [9.17, 15) is 51.9 Å². The Hall–Kier alpha value is -5.59. The van der Waals surface area contributed by atoms with Crippen molar-refractivity contribution in [2.24, 2.45) is 0 Å². The molecule has 7 aromatic rings. The van der Waals surface area contributed by atoms with E-state index in [2.05, 4.69) is 39.9 Å². The molecule has 9 rings (SSSR count). The Bertz CT molecular complexity index is 3380. The molecule has 2 aliphatic heterocycles. The predicted octanol–water partition coefficient (Wildman–Crippen LogP) is 2.73. The van der Waals surface area contributed by atoms with E-state index in [0.717, 1.165) is 48.5 Å². The van der Waals surface area contributed by atoms with Crippen molar-refractivity contribution in [2.75, 3.05) is 0 Å². The fourth-order valence-electron chi connectivity index (χ4n) is 6.22. The highest BCUT2D eigenvalue weighted by atomic mass is 32.2. The molecule has 3 aromatic heterocycles. The van der Waals surface area contributed by atoms with Gasteiger partial charge in [0.2, 0.25) is 0 Å². The summed E-state index contributed by atoms with van der Waals surface area (Å²) < 4.78 is 137. The molecule has 5 heterocycles. The van der Waals surface area contributed by atoms with Crippen molar-refractivity contribution in [2.45, 2.75) is 19.6 Å². The van der Waals surface area contributed by atoms with Crippen molar-refractivity contribution in [1.82, 2.24) is 39.9 Å². The first-order valence-electron chi connectivity index (χ1n) is 15.4. The van der Waals surface area contributed by atoms with Crippen LogP contribution in [0.15, 0.2) is 92.4 Å². The van der Waals surface area contributed by atoms with Gasteiger partial charge >= 0.3 is 0 Å². The average molecular weight is 860 g/mol. The molecule has 4 aromatic carbocycles. The summed E-state index contributed by atoms with van der Waals surface area (Å²) in [6.07, 6.45) is 0. The quantitative estimate of drug-likeness (QED) is 0.146. The molecule has 285 valence electrons. The lowest BCUT2D eigenvalue weighted by Crippen LogP contribution is -1.98. The molecular formula is C32H16AlN8O12S4-2. The Morgan fingerprint density at radius 2 is 0.632 bits per heavy atom. The number of benzene rings is 4. The molecule has 20 nitrogen and oxygen atoms in total. The second-order valence-electron chi connectivity index (χ2n) is 12.2. The van der Waals surface area contributed by atoms with Crippen LogP contribution in [0.25, 0.3) is 89.7 Å². The van der Waals surface area contributed by atoms with Crippen LogP contribution in [0.4, 0.5) is 0 Å². The van der Waals surface area contributed by atoms with Crippen molar-refractivity contribution in [3.63, 3.8) is 0 Å². The Balaban J connectivity index is 0.00000455. The minimum Gasteiger partial charge on any atom is -0.357 e. The van der Waals surface area contributed by atoms with E-state index in [4.69, 9.17) is 0 Å². The smallest absolute Gasteiger partial charge is 0.294 e. The first kappa shape index (κ1) is 38.3. The molecule has 4 N–H and O–H groups in total. The van der Waals surface area contributed by atoms with Gasteiger partial charge in [-0.25, -0.2) is 9.97 Å². The van der Waals surface area contributed by atoms with Crippen molar-refractivity contribution < 1.29 is 51.9 Å². The van der Waals surface area contributed by atoms with E-state index in [-0.39, 0.29) is 107 Å². The maximum Gasteiger partial charge on any atom is 0.294 e. The molecule has 0 saturated carbocycles. The first-order valence-corrected chi connectivity index (χ1v) is 21.2. The molecule has 0 aliphatic carbocycles. The fourth-order valence-corrected chi connectivity index (χ4v) is 8.25. The SMILES string of the molecule is O=S(=O)(O)c1ccc2c(c1)-c1nc-2nc2[n-]c(nc3nc(nc4[n-]c(n1)c1ccc(S(=O)(=O)O)cc41)-c1ccc(S(=O)(=O)O)cc1-3)c1ccc(S(=O)(=O)O)cc21.[Al]. The predicted molar refractivity (Wildman–Crippen MR) is 199 cm³/mol. The summed E-state index contributed by atoms with van der Waals surface area (Å²) in [6, 6.07) is 13.7. The molecule has 0 atom stereocenters. The van der Waals surface area contributed by atoms with E-state index in [1.807, 2.05) is 0 Å². The number of fused-ring (bicyclic) bond motifs is 20. The Morgan fingerprint density at radius 3 is 0.965 bits per heavy atom. The zero-order valence-electron chi connectivity index (χ0n) is 27.8. The first-order chi connectivity index (χ1) is 26.2. The van der Waals surface area contributed by atoms with Gasteiger partial charge in [-0.15, -0.1) is 0 Å². The average Bonchev–Trinajstić information content (AvgIpc) is 3.84. The van der Waals surface area contributed by atoms with Gasteiger partial charge in [0.15, 0.2) is 0 Å². The van der Waals surface area contributed by atoms with Crippen LogP contribution in [-0.2, 0) is 40.5 Å². The molecule has 25 heteroatoms. The Labute approximate surface area is 329 Å². The van der Waals surface area contributed by atoms with Gasteiger partial charge in [0, 0.05) is 62.2 Å². The molecule has 0 saturated heterocycles. The third-order valence-corrected chi connectivity index (χ3v) is 12.2. The standard InChI is InChI=1S/C32H16N8O12S4.Al/c41-53(42,43)13-1-5-17-21(9-13)29-33-25(17)37-30-22-10-14(54(44,45)46)2-6-18(22)27(34-30)39-32-24-12-16(56(50,51)52)4-8-20(24)28(36-32)40-31-23-11-15(55(47,48)49)3-7-19(23)26(35-31)38-29;/h1-12H,(H4-2,33,34,35,36,37,38,39,40,41,42,43,44,45,46,47,48,49,50,51,52);/q-2;. The number of hydrogen-bond acceptors (Lipinski definition) is 14. The summed E-state index contributed by atoms with van der Waals surface area (Å²) in [5, 5.41) is 0.408. The van der Waals surface area contributed by atoms with Crippen LogP contribution in [0.3, 0.4) is 0 Å². The lowest BCUT2D eigenvalue weighted by molar-refractivity contribution is 0.481. The van der Waals surface area contributed by atoms with Crippen LogP contribution in [0.5, 0.6) is 0 Å². The van der Waals surface area contributed by atoms with Crippen LogP contribution in [0.2, 0.25) is 0 Å². The summed E-state index contributed by atoms with van der Waals surface area (Å²) in [5.74, 6) is -0.667. The normalized spacial score (nSPS) is 13.0. The second-order valence-corrected chi connectivity index (χ2v) is 17.9. The van der Waals surface area contributed by atoms with Crippen molar-refractivity contribution >= 4 is 102 Å². The number of hydrogen-bond donors (Lipinski definition) is 4. The van der Waals surface area contributed by atoms with E-state index in [1.165, 1.54) is 24.3 Å². The topological polar surface area (TPSA) is 323 Å². The van der Waals surface area contributed by atoms with Gasteiger partial charge in [0.05, 0.1) is 42.9 Å². The fraction of sp³-hybridized carbons (Fsp3) is 0. The largest absolute Gasteiger partial charge is 0.357 e. The summed E-state index contributed by atoms with van der Waals surface area (Å²) >= 11 is 0. The molecular weight excluding hydrogens is 844 g/mol. The van der Waals surface area contributed by atoms with E-state index >= 15 is 0 Å². The molecule has 3 radical (unpaired) electrons. The van der Waals surface area contributed by atoms with Gasteiger partial charge < -0.3 is 29.9 Å². The van der Waals surface area contributed by atoms with Crippen molar-refractivity contribution in [3.05, 3.63) is 72.8 Å². The second kappa shape index (κ2) is 12.7. The van der Waals surface area contributed by atoms with Crippen molar-refractivity contribution in [3.8, 4) is 45.6 Å². The Kier molecular flexibility index (Phi) is 8.54. The summed E-state index contributed by atoms with van der Waals surface area (Å²) in [4.78, 5) is 34.1. The zero-order valence-corrected chi connectivity index (χ0v) is 32.2. The monoisotopic (exact) mass is 859 g/mol. The number of rotatable bonds is 4. The minimum absolute atomic E-state index is 0. The number of nitrogens with zero attached hydrogens (tertiary/aromatic N) is 8. The van der Waals surface area contributed by atoms with Gasteiger partial charge in [-0.1, -0.05) is 24.3 Å². The summed E-state index contributed by atoms with van der Waals surface area (Å²) in [7, 11) is -19.0. The molecule has 0 spiro atoms. The van der Waals surface area contributed by atoms with Gasteiger partial charge in [-0.3, -0.25) is 18.2 Å². The van der Waals surface area contributed by atoms with Gasteiger partial charge in [-0.2, -0.15) is 33.7 Å². The van der Waals surface area contributed by atoms with E-state index in [1.54, 1.807) is 0 Å². The molecule has 2 aliphatic rings. The van der Waals surface area contributed by atoms with Gasteiger partial charge in [0.25, 0.3) is 40.5 Å². The third kappa shape index (κ3) is 6.54. The van der Waals surface area contributed by atoms with Crippen LogP contribution in [-0.4, -0.2) is 99.1 Å². The lowest BCUT2D eigenvalue weighted by Gasteiger charge is -2.04. The zero-order chi connectivity index (χ0) is 39.7. The van der Waals surface area contributed by atoms with Gasteiger partial charge in [-0.05, 0) is 70.1 Å². The van der Waals surface area contributed by atoms with Gasteiger partial charge in [0.1, 0.15) is 0 Å². The van der Waals surface area contributed by atoms with E-state index < -0.39 is 60.1 Å². The van der Waals surface area contributed by atoms with Crippen LogP contribution in [0.1, 0.15) is 0 Å². The van der Waals surface area contributed by atoms with Crippen LogP contribution >= 0.6 is 0 Å². The third-order valence-electron chi connectivity index (χ3n) is 8.78. The summed E-state index contributed by atoms with van der Waals surface area (Å²) in [6.45, 7) is 0. The Morgan fingerprint density at radius 1 is 0.351 bits per heavy atom. The van der Waals surface area contributed by atoms with E-state index in [0.29, 0.717) is 0 Å². The highest BCUT2D eigenvalue weighted by molar-refractivity contribution is 7.86. The minimum atomic E-state index is -4.75.